The van der Waals surface area contributed by atoms with Crippen LogP contribution in [0.2, 0.25) is 0 Å². The highest BCUT2D eigenvalue weighted by Crippen LogP contribution is 2.21. The minimum absolute atomic E-state index is 0.434. The molecule has 0 fully saturated rings. The van der Waals surface area contributed by atoms with E-state index < -0.39 is 11.9 Å². The van der Waals surface area contributed by atoms with Crippen molar-refractivity contribution in [3.63, 3.8) is 0 Å². The molecular weight excluding hydrogens is 242 g/mol. The fraction of sp³-hybridized carbons (Fsp3) is 0. The number of nitrogens with zero attached hydrogens (tertiary/aromatic N) is 2. The van der Waals surface area contributed by atoms with Crippen LogP contribution < -0.4 is 16.4 Å². The monoisotopic (exact) mass is 251 g/mol. The third kappa shape index (κ3) is 1.91. The molecule has 0 aliphatic carbocycles. The van der Waals surface area contributed by atoms with Crippen LogP contribution in [0, 0.1) is 0 Å². The van der Waals surface area contributed by atoms with E-state index in [1.54, 1.807) is 36.4 Å². The molecule has 19 heavy (non-hydrogen) atoms. The molecule has 2 N–H and O–H groups in total. The molecule has 3 amide bonds. The number of hydrogen-bond acceptors (Lipinski definition) is 2. The Balaban J connectivity index is 2.23. The Morgan fingerprint density at radius 3 is 2.53 bits per heavy atom. The molecule has 3 rings (SSSR count). The van der Waals surface area contributed by atoms with E-state index in [2.05, 4.69) is 9.98 Å². The van der Waals surface area contributed by atoms with E-state index >= 15 is 0 Å². The second kappa shape index (κ2) is 4.13. The van der Waals surface area contributed by atoms with Crippen molar-refractivity contribution in [1.82, 2.24) is 0 Å². The number of fused-ring (bicyclic) bond motifs is 1. The van der Waals surface area contributed by atoms with Gasteiger partial charge < -0.3 is 5.73 Å². The molecule has 0 saturated carbocycles. The first-order chi connectivity index (χ1) is 9.15. The molecule has 0 radical (unpaired) electrons. The van der Waals surface area contributed by atoms with E-state index in [-0.39, 0.29) is 0 Å². The van der Waals surface area contributed by atoms with Crippen molar-refractivity contribution in [1.29, 1.82) is 0 Å². The highest BCUT2D eigenvalue weighted by molar-refractivity contribution is 5.99. The smallest absolute Gasteiger partial charge is 0.366 e. The summed E-state index contributed by atoms with van der Waals surface area (Å²) in [6.07, 6.45) is 0. The molecule has 0 atom stereocenters. The Kier molecular flexibility index (Phi) is 2.45. The van der Waals surface area contributed by atoms with E-state index in [9.17, 15) is 9.59 Å². The molecule has 1 heterocycles. The van der Waals surface area contributed by atoms with Crippen molar-refractivity contribution in [2.75, 3.05) is 0 Å². The minimum atomic E-state index is -0.504. The summed E-state index contributed by atoms with van der Waals surface area (Å²) in [6, 6.07) is 11.8. The summed E-state index contributed by atoms with van der Waals surface area (Å²) >= 11 is 0. The Bertz CT molecular complexity index is 825. The van der Waals surface area contributed by atoms with Gasteiger partial charge in [-0.25, -0.2) is 4.79 Å². The van der Waals surface area contributed by atoms with Crippen LogP contribution in [-0.2, 0) is 0 Å². The third-order valence-corrected chi connectivity index (χ3v) is 2.91. The van der Waals surface area contributed by atoms with Gasteiger partial charge in [0.15, 0.2) is 0 Å². The molecule has 5 heteroatoms. The predicted molar refractivity (Wildman–Crippen MR) is 68.1 cm³/mol. The highest BCUT2D eigenvalue weighted by atomic mass is 16.2. The SMILES string of the molecule is NC(=O)c1ccccc1-c1ccc2c(c1)=NC(=O)N=2. The minimum Gasteiger partial charge on any atom is -0.366 e. The number of amides is 3. The highest BCUT2D eigenvalue weighted by Gasteiger charge is 2.11. The molecule has 0 bridgehead atoms. The zero-order chi connectivity index (χ0) is 13.4. The van der Waals surface area contributed by atoms with Crippen molar-refractivity contribution in [2.24, 2.45) is 15.7 Å². The number of rotatable bonds is 2. The van der Waals surface area contributed by atoms with Gasteiger partial charge in [-0.05, 0) is 29.3 Å². The summed E-state index contributed by atoms with van der Waals surface area (Å²) in [5.41, 5.74) is 7.28. The van der Waals surface area contributed by atoms with E-state index in [4.69, 9.17) is 5.73 Å². The lowest BCUT2D eigenvalue weighted by atomic mass is 9.99. The van der Waals surface area contributed by atoms with Gasteiger partial charge in [0.2, 0.25) is 5.91 Å². The van der Waals surface area contributed by atoms with E-state index in [0.29, 0.717) is 21.8 Å². The van der Waals surface area contributed by atoms with Crippen LogP contribution in [0.15, 0.2) is 52.4 Å². The Morgan fingerprint density at radius 1 is 1.00 bits per heavy atom. The molecule has 1 aliphatic heterocycles. The summed E-state index contributed by atoms with van der Waals surface area (Å²) in [4.78, 5) is 30.1. The van der Waals surface area contributed by atoms with E-state index in [0.717, 1.165) is 5.56 Å². The van der Waals surface area contributed by atoms with E-state index in [1.807, 2.05) is 6.07 Å². The largest absolute Gasteiger partial charge is 0.368 e. The fourth-order valence-corrected chi connectivity index (χ4v) is 2.06. The molecule has 1 aliphatic rings. The predicted octanol–water partition coefficient (Wildman–Crippen LogP) is 0.825. The second-order valence-electron chi connectivity index (χ2n) is 4.12. The van der Waals surface area contributed by atoms with Crippen molar-refractivity contribution in [2.45, 2.75) is 0 Å². The molecule has 92 valence electrons. The normalized spacial score (nSPS) is 12.5. The number of hydrogen-bond donors (Lipinski definition) is 1. The van der Waals surface area contributed by atoms with Crippen LogP contribution in [0.3, 0.4) is 0 Å². The first-order valence-corrected chi connectivity index (χ1v) is 5.66. The molecule has 0 unspecified atom stereocenters. The molecule has 5 nitrogen and oxygen atoms in total. The maximum Gasteiger partial charge on any atom is 0.368 e. The van der Waals surface area contributed by atoms with Gasteiger partial charge in [-0.2, -0.15) is 9.98 Å². The summed E-state index contributed by atoms with van der Waals surface area (Å²) in [5.74, 6) is -0.492. The summed E-state index contributed by atoms with van der Waals surface area (Å²) in [7, 11) is 0. The van der Waals surface area contributed by atoms with Gasteiger partial charge >= 0.3 is 6.03 Å². The van der Waals surface area contributed by atoms with Gasteiger partial charge in [-0.1, -0.05) is 24.3 Å². The lowest BCUT2D eigenvalue weighted by Crippen LogP contribution is -2.21. The first kappa shape index (κ1) is 11.3. The van der Waals surface area contributed by atoms with Crippen molar-refractivity contribution < 1.29 is 9.59 Å². The number of carbonyl (C=O) groups excluding carboxylic acids is 2. The lowest BCUT2D eigenvalue weighted by Gasteiger charge is -2.05. The van der Waals surface area contributed by atoms with Gasteiger partial charge in [0.05, 0.1) is 10.7 Å². The van der Waals surface area contributed by atoms with Gasteiger partial charge in [-0.3, -0.25) is 4.79 Å². The topological polar surface area (TPSA) is 84.9 Å². The quantitative estimate of drug-likeness (QED) is 0.857. The second-order valence-corrected chi connectivity index (χ2v) is 4.12. The average molecular weight is 251 g/mol. The van der Waals surface area contributed by atoms with Crippen molar-refractivity contribution >= 4 is 11.9 Å². The average Bonchev–Trinajstić information content (AvgIpc) is 2.77. The zero-order valence-corrected chi connectivity index (χ0v) is 9.83. The van der Waals surface area contributed by atoms with Crippen LogP contribution in [0.25, 0.3) is 11.1 Å². The summed E-state index contributed by atoms with van der Waals surface area (Å²) in [5, 5.41) is 1.06. The van der Waals surface area contributed by atoms with Crippen LogP contribution in [0.4, 0.5) is 4.79 Å². The Hall–Kier alpha value is -2.82. The summed E-state index contributed by atoms with van der Waals surface area (Å²) in [6.45, 7) is 0. The molecular formula is C14H9N3O2. The van der Waals surface area contributed by atoms with Crippen LogP contribution >= 0.6 is 0 Å². The maximum atomic E-state index is 11.4. The molecule has 2 aromatic carbocycles. The molecule has 2 aromatic rings. The zero-order valence-electron chi connectivity index (χ0n) is 9.83. The Labute approximate surface area is 108 Å². The first-order valence-electron chi connectivity index (χ1n) is 5.66. The third-order valence-electron chi connectivity index (χ3n) is 2.91. The fourth-order valence-electron chi connectivity index (χ4n) is 2.06. The maximum absolute atomic E-state index is 11.4. The van der Waals surface area contributed by atoms with Crippen LogP contribution in [0.5, 0.6) is 0 Å². The van der Waals surface area contributed by atoms with E-state index in [1.165, 1.54) is 0 Å². The number of benzene rings is 2. The standard InChI is InChI=1S/C14H9N3O2/c15-13(18)10-4-2-1-3-9(10)8-5-6-11-12(7-8)17-14(19)16-11/h1-7H,(H2,15,18). The number of urea groups is 1. The Morgan fingerprint density at radius 2 is 1.74 bits per heavy atom. The van der Waals surface area contributed by atoms with Crippen LogP contribution in [0.1, 0.15) is 10.4 Å². The number of nitrogens with two attached hydrogens (primary N) is 1. The number of primary amides is 1. The van der Waals surface area contributed by atoms with Crippen LogP contribution in [-0.4, -0.2) is 11.9 Å². The molecule has 0 saturated heterocycles. The van der Waals surface area contributed by atoms with Gasteiger partial charge in [0.1, 0.15) is 0 Å². The van der Waals surface area contributed by atoms with Gasteiger partial charge in [0.25, 0.3) is 0 Å². The summed E-state index contributed by atoms with van der Waals surface area (Å²) < 4.78 is 0. The van der Waals surface area contributed by atoms with Gasteiger partial charge in [-0.15, -0.1) is 0 Å². The lowest BCUT2D eigenvalue weighted by molar-refractivity contribution is 0.100. The van der Waals surface area contributed by atoms with Crippen molar-refractivity contribution in [3.05, 3.63) is 58.7 Å². The number of carbonyl (C=O) groups is 2. The molecule has 0 spiro atoms. The van der Waals surface area contributed by atoms with Gasteiger partial charge in [0, 0.05) is 5.56 Å². The van der Waals surface area contributed by atoms with Crippen molar-refractivity contribution in [3.8, 4) is 11.1 Å². The molecule has 0 aromatic heterocycles.